The topological polar surface area (TPSA) is 13.1 Å². The minimum absolute atomic E-state index is 0.131. The maximum atomic E-state index is 8.31. The first-order valence-electron chi connectivity index (χ1n) is 20.2. The third-order valence-electron chi connectivity index (χ3n) is 11.1. The van der Waals surface area contributed by atoms with Crippen molar-refractivity contribution in [3.8, 4) is 11.4 Å². The number of nitrogens with zero attached hydrogens (tertiary/aromatic N) is 3. The van der Waals surface area contributed by atoms with E-state index in [1.54, 1.807) is 29.5 Å². The molecule has 0 atom stereocenters. The Morgan fingerprint density at radius 2 is 1.24 bits per heavy atom. The van der Waals surface area contributed by atoms with Crippen LogP contribution in [0, 0.1) is 13.7 Å². The Morgan fingerprint density at radius 1 is 0.529 bits per heavy atom. The first kappa shape index (κ1) is 22.6. The lowest BCUT2D eigenvalue weighted by Gasteiger charge is -2.38. The second-order valence-corrected chi connectivity index (χ2v) is 14.8. The van der Waals surface area contributed by atoms with Crippen molar-refractivity contribution < 1.29 is 8.22 Å². The summed E-state index contributed by atoms with van der Waals surface area (Å²) in [6.45, 7) is -4.65. The second kappa shape index (κ2) is 9.81. The average Bonchev–Trinajstić information content (AvgIpc) is 3.87. The van der Waals surface area contributed by atoms with Crippen molar-refractivity contribution in [2.75, 3.05) is 4.90 Å². The van der Waals surface area contributed by atoms with Gasteiger partial charge in [0.2, 0.25) is 0 Å². The predicted octanol–water partition coefficient (Wildman–Crippen LogP) is 10.3. The van der Waals surface area contributed by atoms with Gasteiger partial charge in [-0.15, -0.1) is 11.3 Å². The van der Waals surface area contributed by atoms with Gasteiger partial charge in [-0.3, -0.25) is 0 Å². The molecule has 0 radical (unpaired) electrons. The third kappa shape index (κ3) is 3.49. The summed E-state index contributed by atoms with van der Waals surface area (Å²) in [5.74, 6) is 0. The predicted molar refractivity (Wildman–Crippen MR) is 219 cm³/mol. The van der Waals surface area contributed by atoms with E-state index in [2.05, 4.69) is 117 Å². The van der Waals surface area contributed by atoms with Crippen molar-refractivity contribution >= 4 is 105 Å². The largest absolute Gasteiger partial charge is 0.310 e. The third-order valence-corrected chi connectivity index (χ3v) is 12.3. The zero-order valence-corrected chi connectivity index (χ0v) is 28.0. The molecule has 0 fully saturated rings. The molecule has 3 aromatic heterocycles. The SMILES string of the molecule is [2H]C([2H])([2H])c1ccc(N2c3cccc4c3B(c3sc5ccc(C([2H])([2H])[2H])cc5c32)c2cccc3c5ccc6c7ccccc7n(-c7ccccc7)c6c5n-4c23)cc1. The van der Waals surface area contributed by atoms with E-state index in [1.165, 1.54) is 32.5 Å². The lowest BCUT2D eigenvalue weighted by molar-refractivity contribution is 1.15. The van der Waals surface area contributed by atoms with E-state index in [9.17, 15) is 0 Å². The minimum Gasteiger partial charge on any atom is -0.310 e. The molecule has 12 rings (SSSR count). The van der Waals surface area contributed by atoms with E-state index in [0.29, 0.717) is 0 Å². The van der Waals surface area contributed by atoms with E-state index >= 15 is 0 Å². The molecule has 0 amide bonds. The zero-order chi connectivity index (χ0) is 38.5. The van der Waals surface area contributed by atoms with Crippen LogP contribution in [0.2, 0.25) is 0 Å². The minimum atomic E-state index is -2.28. The van der Waals surface area contributed by atoms with Crippen LogP contribution in [0.3, 0.4) is 0 Å². The highest BCUT2D eigenvalue weighted by Crippen LogP contribution is 2.47. The molecule has 5 heterocycles. The van der Waals surface area contributed by atoms with Gasteiger partial charge in [0.1, 0.15) is 0 Å². The highest BCUT2D eigenvalue weighted by molar-refractivity contribution is 7.33. The van der Waals surface area contributed by atoms with Gasteiger partial charge in [-0.1, -0.05) is 102 Å². The summed E-state index contributed by atoms with van der Waals surface area (Å²) >= 11 is 1.71. The fourth-order valence-electron chi connectivity index (χ4n) is 9.13. The van der Waals surface area contributed by atoms with Crippen molar-refractivity contribution in [2.24, 2.45) is 0 Å². The Morgan fingerprint density at radius 3 is 2.10 bits per heavy atom. The molecule has 10 aromatic rings. The summed E-state index contributed by atoms with van der Waals surface area (Å²) in [5, 5.41) is 5.60. The first-order valence-corrected chi connectivity index (χ1v) is 18.0. The molecule has 0 unspecified atom stereocenters. The van der Waals surface area contributed by atoms with Gasteiger partial charge in [-0.25, -0.2) is 0 Å². The second-order valence-electron chi connectivity index (χ2n) is 13.7. The molecule has 3 nitrogen and oxygen atoms in total. The van der Waals surface area contributed by atoms with Crippen LogP contribution in [0.25, 0.3) is 65.1 Å². The Bertz CT molecular complexity index is 3340. The fourth-order valence-corrected chi connectivity index (χ4v) is 10.4. The number of fused-ring (bicyclic) bond motifs is 13. The average molecular weight is 674 g/mol. The summed E-state index contributed by atoms with van der Waals surface area (Å²) in [6, 6.07) is 49.6. The van der Waals surface area contributed by atoms with Crippen molar-refractivity contribution in [1.29, 1.82) is 0 Å². The molecule has 0 spiro atoms. The van der Waals surface area contributed by atoms with E-state index in [4.69, 9.17) is 8.22 Å². The van der Waals surface area contributed by atoms with Crippen LogP contribution in [0.15, 0.2) is 146 Å². The number of anilines is 3. The number of hydrogen-bond acceptors (Lipinski definition) is 2. The molecule has 0 aliphatic carbocycles. The first-order chi connectivity index (χ1) is 27.6. The number of para-hydroxylation sites is 3. The van der Waals surface area contributed by atoms with E-state index in [-0.39, 0.29) is 17.8 Å². The Balaban J connectivity index is 1.24. The van der Waals surface area contributed by atoms with Gasteiger partial charge in [0.05, 0.1) is 22.2 Å². The van der Waals surface area contributed by atoms with Crippen molar-refractivity contribution in [3.63, 3.8) is 0 Å². The maximum Gasteiger partial charge on any atom is 0.264 e. The number of aromatic nitrogens is 2. The van der Waals surface area contributed by atoms with E-state index in [0.717, 1.165) is 65.3 Å². The molecule has 238 valence electrons. The molecule has 0 saturated carbocycles. The van der Waals surface area contributed by atoms with Gasteiger partial charge in [-0.2, -0.15) is 0 Å². The van der Waals surface area contributed by atoms with Gasteiger partial charge in [-0.05, 0) is 79.2 Å². The van der Waals surface area contributed by atoms with Crippen LogP contribution in [-0.2, 0) is 0 Å². The van der Waals surface area contributed by atoms with Crippen molar-refractivity contribution in [2.45, 2.75) is 13.7 Å². The summed E-state index contributed by atoms with van der Waals surface area (Å²) in [4.78, 5) is 2.23. The fraction of sp³-hybridized carbons (Fsp3) is 0.0435. The molecule has 51 heavy (non-hydrogen) atoms. The molecular weight excluding hydrogens is 637 g/mol. The Labute approximate surface area is 307 Å². The monoisotopic (exact) mass is 673 g/mol. The molecule has 0 N–H and O–H groups in total. The van der Waals surface area contributed by atoms with Crippen molar-refractivity contribution in [1.82, 2.24) is 9.13 Å². The lowest BCUT2D eigenvalue weighted by atomic mass is 9.36. The smallest absolute Gasteiger partial charge is 0.264 e. The molecule has 5 heteroatoms. The molecule has 0 saturated heterocycles. The number of rotatable bonds is 2. The van der Waals surface area contributed by atoms with Crippen molar-refractivity contribution in [3.05, 3.63) is 157 Å². The van der Waals surface area contributed by atoms with Crippen LogP contribution in [0.4, 0.5) is 17.1 Å². The maximum absolute atomic E-state index is 8.31. The Hall–Kier alpha value is -6.04. The van der Waals surface area contributed by atoms with Gasteiger partial charge < -0.3 is 14.0 Å². The normalized spacial score (nSPS) is 15.5. The summed E-state index contributed by atoms with van der Waals surface area (Å²) in [7, 11) is 0. The summed E-state index contributed by atoms with van der Waals surface area (Å²) in [5.41, 5.74) is 12.4. The van der Waals surface area contributed by atoms with Gasteiger partial charge in [0, 0.05) is 72.9 Å². The quantitative estimate of drug-likeness (QED) is 0.167. The molecular formula is C46H30BN3S. The molecule has 7 aromatic carbocycles. The van der Waals surface area contributed by atoms with Gasteiger partial charge in [0.15, 0.2) is 0 Å². The highest BCUT2D eigenvalue weighted by atomic mass is 32.1. The standard InChI is InChI=1S/C46H30BN3S/c1-27-18-21-30(22-19-27)49-38-16-9-17-39-41(38)47(46-45(49)35-26-28(2)20-25-40(35)51-46)36-14-8-13-32-34-24-23-33-31-12-6-7-15-37(31)48(29-10-4-3-5-11-29)43(33)44(34)50(39)42(32)36/h3-26H,1-2H3/i1D3,2D3. The van der Waals surface area contributed by atoms with Gasteiger partial charge in [0.25, 0.3) is 6.71 Å². The number of aryl methyl sites for hydroxylation is 2. The molecule has 2 aliphatic rings. The van der Waals surface area contributed by atoms with E-state index in [1.807, 2.05) is 24.3 Å². The number of hydrogen-bond donors (Lipinski definition) is 0. The highest BCUT2D eigenvalue weighted by Gasteiger charge is 2.44. The summed E-state index contributed by atoms with van der Waals surface area (Å²) in [6.07, 6.45) is 0. The van der Waals surface area contributed by atoms with Crippen LogP contribution < -0.4 is 20.6 Å². The van der Waals surface area contributed by atoms with Crippen LogP contribution in [0.1, 0.15) is 19.4 Å². The number of thiophene rings is 1. The Kier molecular flexibility index (Phi) is 4.35. The van der Waals surface area contributed by atoms with Crippen LogP contribution in [0.5, 0.6) is 0 Å². The van der Waals surface area contributed by atoms with E-state index < -0.39 is 13.7 Å². The summed E-state index contributed by atoms with van der Waals surface area (Å²) < 4.78 is 56.2. The van der Waals surface area contributed by atoms with Crippen LogP contribution >= 0.6 is 11.3 Å². The molecule has 0 bridgehead atoms. The van der Waals surface area contributed by atoms with Crippen LogP contribution in [-0.4, -0.2) is 15.8 Å². The number of benzene rings is 7. The zero-order valence-electron chi connectivity index (χ0n) is 33.2. The van der Waals surface area contributed by atoms with Gasteiger partial charge >= 0.3 is 0 Å². The lowest BCUT2D eigenvalue weighted by Crippen LogP contribution is -2.59. The molecule has 2 aliphatic heterocycles.